The fourth-order valence-electron chi connectivity index (χ4n) is 3.30. The second kappa shape index (κ2) is 7.09. The molecule has 1 saturated heterocycles. The summed E-state index contributed by atoms with van der Waals surface area (Å²) in [7, 11) is 0. The molecule has 0 aromatic heterocycles. The van der Waals surface area contributed by atoms with Gasteiger partial charge in [-0.2, -0.15) is 0 Å². The minimum atomic E-state index is -0.307. The van der Waals surface area contributed by atoms with Gasteiger partial charge in [-0.3, -0.25) is 9.59 Å². The Hall–Kier alpha value is -2.62. The van der Waals surface area contributed by atoms with Gasteiger partial charge in [0.1, 0.15) is 0 Å². The Kier molecular flexibility index (Phi) is 4.88. The highest BCUT2D eigenvalue weighted by Gasteiger charge is 2.36. The molecule has 1 aliphatic rings. The van der Waals surface area contributed by atoms with Crippen molar-refractivity contribution in [2.45, 2.75) is 33.2 Å². The minimum absolute atomic E-state index is 0.0150. The molecule has 0 spiro atoms. The number of carbonyl (C=O) groups is 2. The average molecular weight is 336 g/mol. The first kappa shape index (κ1) is 17.2. The van der Waals surface area contributed by atoms with E-state index in [1.54, 1.807) is 4.90 Å². The number of hydrogen-bond donors (Lipinski definition) is 1. The largest absolute Gasteiger partial charge is 0.349 e. The van der Waals surface area contributed by atoms with Crippen LogP contribution in [-0.2, 0) is 9.59 Å². The summed E-state index contributed by atoms with van der Waals surface area (Å²) >= 11 is 0. The van der Waals surface area contributed by atoms with Gasteiger partial charge in [0.25, 0.3) is 0 Å². The van der Waals surface area contributed by atoms with E-state index in [2.05, 4.69) is 5.32 Å². The Balaban J connectivity index is 1.70. The van der Waals surface area contributed by atoms with E-state index in [1.807, 2.05) is 69.3 Å². The summed E-state index contributed by atoms with van der Waals surface area (Å²) in [6.07, 6.45) is 0.265. The van der Waals surface area contributed by atoms with Crippen molar-refractivity contribution < 1.29 is 9.59 Å². The summed E-state index contributed by atoms with van der Waals surface area (Å²) in [6, 6.07) is 15.7. The van der Waals surface area contributed by atoms with Gasteiger partial charge in [-0.15, -0.1) is 0 Å². The third-order valence-electron chi connectivity index (χ3n) is 5.02. The molecule has 1 N–H and O–H groups in total. The van der Waals surface area contributed by atoms with E-state index in [0.717, 1.165) is 22.4 Å². The van der Waals surface area contributed by atoms with Crippen LogP contribution in [-0.4, -0.2) is 18.4 Å². The van der Waals surface area contributed by atoms with Gasteiger partial charge in [0.15, 0.2) is 0 Å². The SMILES string of the molecule is Cc1cccc(N2C[C@H](C(=O)N[C@H](C)c3ccccc3)CC2=O)c1C. The quantitative estimate of drug-likeness (QED) is 0.928. The van der Waals surface area contributed by atoms with Crippen LogP contribution in [0.1, 0.15) is 36.1 Å². The third kappa shape index (κ3) is 3.58. The van der Waals surface area contributed by atoms with E-state index in [1.165, 1.54) is 0 Å². The molecule has 2 atom stereocenters. The second-order valence-corrected chi connectivity index (χ2v) is 6.77. The smallest absolute Gasteiger partial charge is 0.227 e. The van der Waals surface area contributed by atoms with Gasteiger partial charge >= 0.3 is 0 Å². The van der Waals surface area contributed by atoms with Crippen LogP contribution in [0.25, 0.3) is 0 Å². The van der Waals surface area contributed by atoms with Gasteiger partial charge in [0.2, 0.25) is 11.8 Å². The predicted molar refractivity (Wildman–Crippen MR) is 99.4 cm³/mol. The molecule has 0 radical (unpaired) electrons. The van der Waals surface area contributed by atoms with Crippen LogP contribution in [0.3, 0.4) is 0 Å². The number of aryl methyl sites for hydroxylation is 1. The second-order valence-electron chi connectivity index (χ2n) is 6.77. The molecule has 2 amide bonds. The van der Waals surface area contributed by atoms with Crippen molar-refractivity contribution in [3.8, 4) is 0 Å². The van der Waals surface area contributed by atoms with Crippen molar-refractivity contribution in [1.82, 2.24) is 5.32 Å². The standard InChI is InChI=1S/C21H24N2O2/c1-14-8-7-11-19(15(14)2)23-13-18(12-20(23)24)21(25)22-16(3)17-9-5-4-6-10-17/h4-11,16,18H,12-13H2,1-3H3,(H,22,25)/t16-,18-/m1/s1. The lowest BCUT2D eigenvalue weighted by Crippen LogP contribution is -2.34. The lowest BCUT2D eigenvalue weighted by molar-refractivity contribution is -0.126. The Morgan fingerprint density at radius 3 is 2.56 bits per heavy atom. The monoisotopic (exact) mass is 336 g/mol. The summed E-state index contributed by atoms with van der Waals surface area (Å²) in [6.45, 7) is 6.46. The van der Waals surface area contributed by atoms with E-state index in [9.17, 15) is 9.59 Å². The first-order valence-corrected chi connectivity index (χ1v) is 8.69. The maximum Gasteiger partial charge on any atom is 0.227 e. The lowest BCUT2D eigenvalue weighted by Gasteiger charge is -2.21. The van der Waals surface area contributed by atoms with Gasteiger partial charge < -0.3 is 10.2 Å². The first-order valence-electron chi connectivity index (χ1n) is 8.69. The Morgan fingerprint density at radius 2 is 1.84 bits per heavy atom. The summed E-state index contributed by atoms with van der Waals surface area (Å²) in [5.41, 5.74) is 4.22. The van der Waals surface area contributed by atoms with Crippen LogP contribution in [0.15, 0.2) is 48.5 Å². The normalized spacial score (nSPS) is 18.3. The number of anilines is 1. The molecule has 0 unspecified atom stereocenters. The van der Waals surface area contributed by atoms with Crippen LogP contribution in [0, 0.1) is 19.8 Å². The first-order chi connectivity index (χ1) is 12.0. The molecule has 4 nitrogen and oxygen atoms in total. The van der Waals surface area contributed by atoms with E-state index >= 15 is 0 Å². The summed E-state index contributed by atoms with van der Waals surface area (Å²) in [5, 5.41) is 3.04. The third-order valence-corrected chi connectivity index (χ3v) is 5.02. The van der Waals surface area contributed by atoms with Crippen LogP contribution >= 0.6 is 0 Å². The molecule has 25 heavy (non-hydrogen) atoms. The number of nitrogens with one attached hydrogen (secondary N) is 1. The maximum absolute atomic E-state index is 12.6. The number of carbonyl (C=O) groups excluding carboxylic acids is 2. The van der Waals surface area contributed by atoms with Crippen LogP contribution < -0.4 is 10.2 Å². The maximum atomic E-state index is 12.6. The van der Waals surface area contributed by atoms with E-state index in [-0.39, 0.29) is 30.2 Å². The van der Waals surface area contributed by atoms with Crippen LogP contribution in [0.5, 0.6) is 0 Å². The Labute approximate surface area is 148 Å². The number of amides is 2. The van der Waals surface area contributed by atoms with Crippen molar-refractivity contribution in [3.63, 3.8) is 0 Å². The zero-order valence-electron chi connectivity index (χ0n) is 15.0. The summed E-state index contributed by atoms with van der Waals surface area (Å²) < 4.78 is 0. The Morgan fingerprint density at radius 1 is 1.12 bits per heavy atom. The summed E-state index contributed by atoms with van der Waals surface area (Å²) in [5.74, 6) is -0.350. The van der Waals surface area contributed by atoms with Crippen molar-refractivity contribution in [3.05, 3.63) is 65.2 Å². The number of rotatable bonds is 4. The molecular weight excluding hydrogens is 312 g/mol. The Bertz CT molecular complexity index is 786. The molecule has 0 saturated carbocycles. The molecular formula is C21H24N2O2. The van der Waals surface area contributed by atoms with E-state index in [4.69, 9.17) is 0 Å². The number of hydrogen-bond acceptors (Lipinski definition) is 2. The zero-order chi connectivity index (χ0) is 18.0. The van der Waals surface area contributed by atoms with Gasteiger partial charge in [0, 0.05) is 18.7 Å². The van der Waals surface area contributed by atoms with Crippen molar-refractivity contribution >= 4 is 17.5 Å². The van der Waals surface area contributed by atoms with Crippen LogP contribution in [0.2, 0.25) is 0 Å². The van der Waals surface area contributed by atoms with Crippen molar-refractivity contribution in [1.29, 1.82) is 0 Å². The van der Waals surface area contributed by atoms with Gasteiger partial charge in [-0.05, 0) is 43.5 Å². The number of benzene rings is 2. The molecule has 0 bridgehead atoms. The molecule has 130 valence electrons. The topological polar surface area (TPSA) is 49.4 Å². The molecule has 2 aromatic carbocycles. The van der Waals surface area contributed by atoms with Crippen molar-refractivity contribution in [2.75, 3.05) is 11.4 Å². The molecule has 1 heterocycles. The van der Waals surface area contributed by atoms with E-state index < -0.39 is 0 Å². The lowest BCUT2D eigenvalue weighted by atomic mass is 10.0. The fourth-order valence-corrected chi connectivity index (χ4v) is 3.30. The number of nitrogens with zero attached hydrogens (tertiary/aromatic N) is 1. The average Bonchev–Trinajstić information content (AvgIpc) is 3.00. The van der Waals surface area contributed by atoms with Crippen molar-refractivity contribution in [2.24, 2.45) is 5.92 Å². The molecule has 3 rings (SSSR count). The molecule has 1 fully saturated rings. The molecule has 1 aliphatic heterocycles. The highest BCUT2D eigenvalue weighted by Crippen LogP contribution is 2.29. The molecule has 4 heteroatoms. The zero-order valence-corrected chi connectivity index (χ0v) is 15.0. The highest BCUT2D eigenvalue weighted by atomic mass is 16.2. The summed E-state index contributed by atoms with van der Waals surface area (Å²) in [4.78, 5) is 26.8. The van der Waals surface area contributed by atoms with E-state index in [0.29, 0.717) is 6.54 Å². The highest BCUT2D eigenvalue weighted by molar-refractivity contribution is 6.01. The molecule has 2 aromatic rings. The van der Waals surface area contributed by atoms with Gasteiger partial charge in [0.05, 0.1) is 12.0 Å². The van der Waals surface area contributed by atoms with Gasteiger partial charge in [-0.1, -0.05) is 42.5 Å². The van der Waals surface area contributed by atoms with Gasteiger partial charge in [-0.25, -0.2) is 0 Å². The molecule has 0 aliphatic carbocycles. The fraction of sp³-hybridized carbons (Fsp3) is 0.333. The predicted octanol–water partition coefficient (Wildman–Crippen LogP) is 3.53. The van der Waals surface area contributed by atoms with Crippen LogP contribution in [0.4, 0.5) is 5.69 Å². The minimum Gasteiger partial charge on any atom is -0.349 e.